The van der Waals surface area contributed by atoms with Crippen molar-refractivity contribution in [1.82, 2.24) is 5.32 Å². The Morgan fingerprint density at radius 3 is 2.56 bits per heavy atom. The van der Waals surface area contributed by atoms with Crippen molar-refractivity contribution in [3.8, 4) is 5.75 Å². The predicted octanol–water partition coefficient (Wildman–Crippen LogP) is 4.38. The number of hydrogen-bond donors (Lipinski definition) is 1. The van der Waals surface area contributed by atoms with Gasteiger partial charge < -0.3 is 19.7 Å². The Labute approximate surface area is 200 Å². The van der Waals surface area contributed by atoms with Crippen molar-refractivity contribution in [3.05, 3.63) is 95.6 Å². The summed E-state index contributed by atoms with van der Waals surface area (Å²) in [6.07, 6.45) is 2.38. The van der Waals surface area contributed by atoms with Crippen molar-refractivity contribution >= 4 is 17.5 Å². The van der Waals surface area contributed by atoms with Gasteiger partial charge >= 0.3 is 0 Å². The van der Waals surface area contributed by atoms with Gasteiger partial charge in [0, 0.05) is 24.4 Å². The minimum atomic E-state index is -0.136. The van der Waals surface area contributed by atoms with Crippen LogP contribution >= 0.6 is 0 Å². The van der Waals surface area contributed by atoms with E-state index in [4.69, 9.17) is 9.47 Å². The van der Waals surface area contributed by atoms with Crippen molar-refractivity contribution in [2.75, 3.05) is 25.2 Å². The Bertz CT molecular complexity index is 1110. The Balaban J connectivity index is 1.54. The van der Waals surface area contributed by atoms with E-state index < -0.39 is 0 Å². The van der Waals surface area contributed by atoms with E-state index in [2.05, 4.69) is 5.32 Å². The largest absolute Gasteiger partial charge is 0.497 e. The molecule has 3 aromatic carbocycles. The number of rotatable bonds is 9. The number of nitrogens with zero attached hydrogens (tertiary/aromatic N) is 1. The summed E-state index contributed by atoms with van der Waals surface area (Å²) in [6, 6.07) is 24.6. The number of nitrogens with one attached hydrogen (secondary N) is 1. The van der Waals surface area contributed by atoms with Crippen LogP contribution in [0.25, 0.3) is 0 Å². The molecule has 4 rings (SSSR count). The van der Waals surface area contributed by atoms with Crippen LogP contribution in [-0.4, -0.2) is 38.2 Å². The van der Waals surface area contributed by atoms with E-state index in [0.29, 0.717) is 24.4 Å². The molecule has 0 spiro atoms. The Hall–Kier alpha value is -3.64. The summed E-state index contributed by atoms with van der Waals surface area (Å²) in [4.78, 5) is 27.8. The molecule has 0 saturated carbocycles. The monoisotopic (exact) mass is 458 g/mol. The number of amides is 2. The number of methoxy groups -OCH3 is 1. The highest BCUT2D eigenvalue weighted by molar-refractivity contribution is 6.06. The molecular formula is C28H30N2O4. The van der Waals surface area contributed by atoms with Crippen molar-refractivity contribution in [3.63, 3.8) is 0 Å². The second-order valence-electron chi connectivity index (χ2n) is 8.39. The van der Waals surface area contributed by atoms with Gasteiger partial charge in [-0.3, -0.25) is 9.59 Å². The van der Waals surface area contributed by atoms with Gasteiger partial charge in [-0.2, -0.15) is 0 Å². The lowest BCUT2D eigenvalue weighted by molar-refractivity contribution is -0.120. The zero-order chi connectivity index (χ0) is 23.8. The molecule has 1 heterocycles. The van der Waals surface area contributed by atoms with E-state index in [1.165, 1.54) is 0 Å². The van der Waals surface area contributed by atoms with E-state index in [0.717, 1.165) is 36.3 Å². The fourth-order valence-electron chi connectivity index (χ4n) is 4.07. The molecule has 3 aromatic rings. The first-order chi connectivity index (χ1) is 16.6. The maximum atomic E-state index is 13.6. The smallest absolute Gasteiger partial charge is 0.258 e. The van der Waals surface area contributed by atoms with Crippen LogP contribution in [0.15, 0.2) is 78.9 Å². The molecule has 0 aromatic heterocycles. The van der Waals surface area contributed by atoms with E-state index in [-0.39, 0.29) is 24.3 Å². The maximum absolute atomic E-state index is 13.6. The van der Waals surface area contributed by atoms with Gasteiger partial charge in [0.1, 0.15) is 5.75 Å². The highest BCUT2D eigenvalue weighted by Gasteiger charge is 2.20. The average molecular weight is 459 g/mol. The third-order valence-electron chi connectivity index (χ3n) is 5.88. The van der Waals surface area contributed by atoms with Crippen molar-refractivity contribution in [2.45, 2.75) is 31.9 Å². The lowest BCUT2D eigenvalue weighted by Gasteiger charge is -2.24. The summed E-state index contributed by atoms with van der Waals surface area (Å²) < 4.78 is 10.9. The van der Waals surface area contributed by atoms with Crippen LogP contribution in [0, 0.1) is 0 Å². The van der Waals surface area contributed by atoms with Crippen molar-refractivity contribution in [2.24, 2.45) is 0 Å². The first kappa shape index (κ1) is 23.5. The topological polar surface area (TPSA) is 67.9 Å². The summed E-state index contributed by atoms with van der Waals surface area (Å²) in [5.41, 5.74) is 3.13. The van der Waals surface area contributed by atoms with Crippen LogP contribution in [0.3, 0.4) is 0 Å². The molecule has 1 N–H and O–H groups in total. The maximum Gasteiger partial charge on any atom is 0.258 e. The SMILES string of the molecule is COc1cccc(C(=O)N(Cc2ccccc2)c2cccc(CC(=O)NCC3CCCO3)c2)c1. The van der Waals surface area contributed by atoms with E-state index in [1.807, 2.05) is 66.7 Å². The lowest BCUT2D eigenvalue weighted by atomic mass is 10.1. The fraction of sp³-hybridized carbons (Fsp3) is 0.286. The Morgan fingerprint density at radius 2 is 1.79 bits per heavy atom. The number of benzene rings is 3. The molecule has 0 aliphatic carbocycles. The molecule has 1 unspecified atom stereocenters. The van der Waals surface area contributed by atoms with E-state index >= 15 is 0 Å². The summed E-state index contributed by atoms with van der Waals surface area (Å²) in [5, 5.41) is 2.96. The first-order valence-electron chi connectivity index (χ1n) is 11.6. The summed E-state index contributed by atoms with van der Waals surface area (Å²) in [6.45, 7) is 1.71. The fourth-order valence-corrected chi connectivity index (χ4v) is 4.07. The zero-order valence-corrected chi connectivity index (χ0v) is 19.4. The van der Waals surface area contributed by atoms with Crippen LogP contribution < -0.4 is 15.0 Å². The number of carbonyl (C=O) groups is 2. The Kier molecular flexibility index (Phi) is 7.94. The van der Waals surface area contributed by atoms with Crippen LogP contribution in [0.2, 0.25) is 0 Å². The van der Waals surface area contributed by atoms with Crippen LogP contribution in [0.1, 0.15) is 34.3 Å². The van der Waals surface area contributed by atoms with Gasteiger partial charge in [-0.15, -0.1) is 0 Å². The van der Waals surface area contributed by atoms with Crippen LogP contribution in [0.5, 0.6) is 5.75 Å². The summed E-state index contributed by atoms with van der Waals surface area (Å²) >= 11 is 0. The molecule has 1 aliphatic rings. The molecule has 6 nitrogen and oxygen atoms in total. The molecule has 0 bridgehead atoms. The molecule has 34 heavy (non-hydrogen) atoms. The molecule has 176 valence electrons. The minimum absolute atomic E-state index is 0.0543. The van der Waals surface area contributed by atoms with E-state index in [1.54, 1.807) is 24.1 Å². The summed E-state index contributed by atoms with van der Waals surface area (Å²) in [5.74, 6) is 0.436. The highest BCUT2D eigenvalue weighted by atomic mass is 16.5. The molecule has 1 atom stereocenters. The van der Waals surface area contributed by atoms with Crippen molar-refractivity contribution < 1.29 is 19.1 Å². The van der Waals surface area contributed by atoms with Crippen molar-refractivity contribution in [1.29, 1.82) is 0 Å². The van der Waals surface area contributed by atoms with Crippen LogP contribution in [0.4, 0.5) is 5.69 Å². The highest BCUT2D eigenvalue weighted by Crippen LogP contribution is 2.24. The number of hydrogen-bond acceptors (Lipinski definition) is 4. The third kappa shape index (κ3) is 6.23. The molecule has 0 radical (unpaired) electrons. The molecule has 1 aliphatic heterocycles. The van der Waals surface area contributed by atoms with Gasteiger partial charge in [0.2, 0.25) is 5.91 Å². The number of anilines is 1. The third-order valence-corrected chi connectivity index (χ3v) is 5.88. The predicted molar refractivity (Wildman–Crippen MR) is 132 cm³/mol. The second kappa shape index (κ2) is 11.5. The van der Waals surface area contributed by atoms with Gasteiger partial charge in [-0.1, -0.05) is 48.5 Å². The van der Waals surface area contributed by atoms with E-state index in [9.17, 15) is 9.59 Å². The second-order valence-corrected chi connectivity index (χ2v) is 8.39. The summed E-state index contributed by atoms with van der Waals surface area (Å²) in [7, 11) is 1.58. The van der Waals surface area contributed by atoms with Gasteiger partial charge in [-0.05, 0) is 54.3 Å². The number of carbonyl (C=O) groups excluding carboxylic acids is 2. The molecular weight excluding hydrogens is 428 g/mol. The van der Waals surface area contributed by atoms with Gasteiger partial charge in [0.05, 0.1) is 26.2 Å². The number of ether oxygens (including phenoxy) is 2. The van der Waals surface area contributed by atoms with Gasteiger partial charge in [0.25, 0.3) is 5.91 Å². The van der Waals surface area contributed by atoms with Gasteiger partial charge in [-0.25, -0.2) is 0 Å². The van der Waals surface area contributed by atoms with Crippen LogP contribution in [-0.2, 0) is 22.5 Å². The first-order valence-corrected chi connectivity index (χ1v) is 11.6. The zero-order valence-electron chi connectivity index (χ0n) is 19.4. The molecule has 1 saturated heterocycles. The average Bonchev–Trinajstić information content (AvgIpc) is 3.40. The lowest BCUT2D eigenvalue weighted by Crippen LogP contribution is -2.33. The standard InChI is InChI=1S/C28H30N2O4/c1-33-25-13-6-11-23(18-25)28(32)30(20-21-8-3-2-4-9-21)24-12-5-10-22(16-24)17-27(31)29-19-26-14-7-15-34-26/h2-6,8-13,16,18,26H,7,14-15,17,19-20H2,1H3,(H,29,31). The van der Waals surface area contributed by atoms with Gasteiger partial charge in [0.15, 0.2) is 0 Å². The molecule has 6 heteroatoms. The molecule has 1 fully saturated rings. The quantitative estimate of drug-likeness (QED) is 0.517. The normalized spacial score (nSPS) is 15.0. The minimum Gasteiger partial charge on any atom is -0.497 e. The molecule has 2 amide bonds. The Morgan fingerprint density at radius 1 is 1.00 bits per heavy atom.